The van der Waals surface area contributed by atoms with Crippen LogP contribution in [0.3, 0.4) is 0 Å². The third-order valence-corrected chi connectivity index (χ3v) is 4.04. The summed E-state index contributed by atoms with van der Waals surface area (Å²) in [6.07, 6.45) is 0.703. The third-order valence-electron chi connectivity index (χ3n) is 4.04. The number of anilines is 1. The molecule has 1 atom stereocenters. The number of methoxy groups -OCH3 is 2. The minimum atomic E-state index is -0.401. The number of ether oxygens (including phenoxy) is 2. The largest absolute Gasteiger partial charge is 0.497 e. The number of nitrogens with two attached hydrogens (primary N) is 1. The van der Waals surface area contributed by atoms with Gasteiger partial charge in [0.05, 0.1) is 20.3 Å². The molecule has 0 saturated heterocycles. The third kappa shape index (κ3) is 4.31. The molecule has 0 spiro atoms. The van der Waals surface area contributed by atoms with Gasteiger partial charge in [-0.3, -0.25) is 5.10 Å². The number of nitrogens with one attached hydrogen (secondary N) is 2. The van der Waals surface area contributed by atoms with E-state index in [2.05, 4.69) is 20.5 Å². The lowest BCUT2D eigenvalue weighted by Crippen LogP contribution is -2.14. The molecule has 3 aromatic rings. The van der Waals surface area contributed by atoms with Gasteiger partial charge in [-0.25, -0.2) is 4.98 Å². The van der Waals surface area contributed by atoms with Gasteiger partial charge in [0.25, 0.3) is 0 Å². The van der Waals surface area contributed by atoms with Crippen LogP contribution in [0.1, 0.15) is 23.3 Å². The molecule has 0 aliphatic rings. The maximum Gasteiger partial charge on any atom is 0.171 e. The summed E-state index contributed by atoms with van der Waals surface area (Å²) in [7, 11) is 3.28. The molecule has 0 radical (unpaired) electrons. The fraction of sp³-hybridized carbons (Fsp3) is 0.263. The number of nitrogens with zero attached hydrogens (tertiary/aromatic N) is 2. The van der Waals surface area contributed by atoms with Crippen molar-refractivity contribution in [3.63, 3.8) is 0 Å². The predicted octanol–water partition coefficient (Wildman–Crippen LogP) is 2.52. The standard InChI is InChI=1S/C19H23N5O2/c1-25-15-7-3-5-13(11-15)18(20)19-22-17(23-24-19)9-10-21-14-6-4-8-16(12-14)26-2/h3-8,11-12,18,21H,9-10,20H2,1-2H3,(H,22,23,24)/t18-/m0/s1. The molecule has 136 valence electrons. The second-order valence-electron chi connectivity index (χ2n) is 5.80. The van der Waals surface area contributed by atoms with Gasteiger partial charge in [-0.1, -0.05) is 18.2 Å². The minimum absolute atomic E-state index is 0.401. The number of aromatic amines is 1. The van der Waals surface area contributed by atoms with Crippen molar-refractivity contribution in [3.8, 4) is 11.5 Å². The van der Waals surface area contributed by atoms with E-state index in [-0.39, 0.29) is 0 Å². The van der Waals surface area contributed by atoms with E-state index in [1.54, 1.807) is 14.2 Å². The van der Waals surface area contributed by atoms with Gasteiger partial charge in [-0.15, -0.1) is 0 Å². The van der Waals surface area contributed by atoms with E-state index in [0.29, 0.717) is 12.2 Å². The Bertz CT molecular complexity index is 849. The average Bonchev–Trinajstić information content (AvgIpc) is 3.16. The number of hydrogen-bond donors (Lipinski definition) is 3. The van der Waals surface area contributed by atoms with Crippen LogP contribution in [-0.2, 0) is 6.42 Å². The molecule has 7 heteroatoms. The van der Waals surface area contributed by atoms with E-state index < -0.39 is 6.04 Å². The summed E-state index contributed by atoms with van der Waals surface area (Å²) in [6, 6.07) is 15.0. The first kappa shape index (κ1) is 17.8. The van der Waals surface area contributed by atoms with Crippen LogP contribution in [0, 0.1) is 0 Å². The maximum atomic E-state index is 6.27. The zero-order valence-corrected chi connectivity index (χ0v) is 14.9. The molecular weight excluding hydrogens is 330 g/mol. The number of rotatable bonds is 8. The highest BCUT2D eigenvalue weighted by atomic mass is 16.5. The normalized spacial score (nSPS) is 11.8. The van der Waals surface area contributed by atoms with Gasteiger partial charge in [0.15, 0.2) is 5.82 Å². The van der Waals surface area contributed by atoms with Crippen LogP contribution in [0.2, 0.25) is 0 Å². The average molecular weight is 353 g/mol. The van der Waals surface area contributed by atoms with Crippen LogP contribution in [0.15, 0.2) is 48.5 Å². The summed E-state index contributed by atoms with van der Waals surface area (Å²) >= 11 is 0. The highest BCUT2D eigenvalue weighted by Gasteiger charge is 2.15. The van der Waals surface area contributed by atoms with E-state index in [0.717, 1.165) is 35.1 Å². The molecule has 0 bridgehead atoms. The Hall–Kier alpha value is -3.06. The maximum absolute atomic E-state index is 6.27. The quantitative estimate of drug-likeness (QED) is 0.576. The molecule has 7 nitrogen and oxygen atoms in total. The van der Waals surface area contributed by atoms with Crippen LogP contribution >= 0.6 is 0 Å². The van der Waals surface area contributed by atoms with Gasteiger partial charge >= 0.3 is 0 Å². The number of aromatic nitrogens is 3. The van der Waals surface area contributed by atoms with Crippen molar-refractivity contribution < 1.29 is 9.47 Å². The SMILES string of the molecule is COc1cccc(NCCc2nc([C@@H](N)c3cccc(OC)c3)n[nH]2)c1. The van der Waals surface area contributed by atoms with E-state index in [4.69, 9.17) is 15.2 Å². The summed E-state index contributed by atoms with van der Waals surface area (Å²) in [4.78, 5) is 4.51. The monoisotopic (exact) mass is 353 g/mol. The molecule has 2 aromatic carbocycles. The van der Waals surface area contributed by atoms with Crippen molar-refractivity contribution in [1.82, 2.24) is 15.2 Å². The fourth-order valence-corrected chi connectivity index (χ4v) is 2.60. The Kier molecular flexibility index (Phi) is 5.70. The highest BCUT2D eigenvalue weighted by Crippen LogP contribution is 2.21. The lowest BCUT2D eigenvalue weighted by atomic mass is 10.1. The van der Waals surface area contributed by atoms with Crippen molar-refractivity contribution in [1.29, 1.82) is 0 Å². The molecule has 0 aliphatic carbocycles. The Balaban J connectivity index is 1.58. The topological polar surface area (TPSA) is 98.1 Å². The molecule has 3 rings (SSSR count). The van der Waals surface area contributed by atoms with Crippen molar-refractivity contribution >= 4 is 5.69 Å². The first-order valence-corrected chi connectivity index (χ1v) is 8.38. The second-order valence-corrected chi connectivity index (χ2v) is 5.80. The van der Waals surface area contributed by atoms with Gasteiger partial charge in [-0.05, 0) is 29.8 Å². The van der Waals surface area contributed by atoms with Crippen LogP contribution < -0.4 is 20.5 Å². The summed E-state index contributed by atoms with van der Waals surface area (Å²) in [5, 5.41) is 10.5. The van der Waals surface area contributed by atoms with Gasteiger partial charge in [0.1, 0.15) is 17.3 Å². The first-order valence-electron chi connectivity index (χ1n) is 8.38. The Labute approximate surface area is 152 Å². The summed E-state index contributed by atoms with van der Waals surface area (Å²) in [6.45, 7) is 0.718. The Morgan fingerprint density at radius 3 is 2.58 bits per heavy atom. The summed E-state index contributed by atoms with van der Waals surface area (Å²) in [5.74, 6) is 2.93. The highest BCUT2D eigenvalue weighted by molar-refractivity contribution is 5.48. The molecule has 26 heavy (non-hydrogen) atoms. The number of hydrogen-bond acceptors (Lipinski definition) is 6. The number of benzene rings is 2. The van der Waals surface area contributed by atoms with Crippen LogP contribution in [0.4, 0.5) is 5.69 Å². The van der Waals surface area contributed by atoms with Gasteiger partial charge in [-0.2, -0.15) is 5.10 Å². The van der Waals surface area contributed by atoms with Crippen LogP contribution in [0.5, 0.6) is 11.5 Å². The molecule has 4 N–H and O–H groups in total. The van der Waals surface area contributed by atoms with Crippen LogP contribution in [-0.4, -0.2) is 35.9 Å². The van der Waals surface area contributed by atoms with Crippen molar-refractivity contribution in [2.24, 2.45) is 5.73 Å². The molecule has 0 saturated carbocycles. The van der Waals surface area contributed by atoms with E-state index in [1.807, 2.05) is 48.5 Å². The zero-order chi connectivity index (χ0) is 18.4. The minimum Gasteiger partial charge on any atom is -0.497 e. The molecule has 1 heterocycles. The second kappa shape index (κ2) is 8.35. The van der Waals surface area contributed by atoms with E-state index >= 15 is 0 Å². The predicted molar refractivity (Wildman–Crippen MR) is 101 cm³/mol. The fourth-order valence-electron chi connectivity index (χ4n) is 2.60. The summed E-state index contributed by atoms with van der Waals surface area (Å²) in [5.41, 5.74) is 8.18. The van der Waals surface area contributed by atoms with Gasteiger partial charge < -0.3 is 20.5 Å². The smallest absolute Gasteiger partial charge is 0.171 e. The number of H-pyrrole nitrogens is 1. The summed E-state index contributed by atoms with van der Waals surface area (Å²) < 4.78 is 10.5. The first-order chi connectivity index (χ1) is 12.7. The Morgan fingerprint density at radius 2 is 1.81 bits per heavy atom. The van der Waals surface area contributed by atoms with Crippen molar-refractivity contribution in [3.05, 3.63) is 65.7 Å². The lowest BCUT2D eigenvalue weighted by molar-refractivity contribution is 0.414. The van der Waals surface area contributed by atoms with Crippen LogP contribution in [0.25, 0.3) is 0 Å². The van der Waals surface area contributed by atoms with E-state index in [9.17, 15) is 0 Å². The van der Waals surface area contributed by atoms with Gasteiger partial charge in [0.2, 0.25) is 0 Å². The van der Waals surface area contributed by atoms with Crippen molar-refractivity contribution in [2.45, 2.75) is 12.5 Å². The molecular formula is C19H23N5O2. The Morgan fingerprint density at radius 1 is 1.08 bits per heavy atom. The lowest BCUT2D eigenvalue weighted by Gasteiger charge is -2.09. The molecule has 0 unspecified atom stereocenters. The molecule has 1 aromatic heterocycles. The molecule has 0 amide bonds. The van der Waals surface area contributed by atoms with Crippen molar-refractivity contribution in [2.75, 3.05) is 26.1 Å². The van der Waals surface area contributed by atoms with Gasteiger partial charge in [0, 0.05) is 24.7 Å². The molecule has 0 aliphatic heterocycles. The zero-order valence-electron chi connectivity index (χ0n) is 14.9. The molecule has 0 fully saturated rings. The van der Waals surface area contributed by atoms with E-state index in [1.165, 1.54) is 0 Å².